The first-order valence-corrected chi connectivity index (χ1v) is 9.52. The fourth-order valence-corrected chi connectivity index (χ4v) is 2.33. The van der Waals surface area contributed by atoms with Gasteiger partial charge in [-0.15, -0.1) is 6.58 Å². The van der Waals surface area contributed by atoms with Crippen LogP contribution in [-0.2, 0) is 14.3 Å². The highest BCUT2D eigenvalue weighted by atomic mass is 16.5. The molecular weight excluding hydrogens is 328 g/mol. The number of hydrogen-bond acceptors (Lipinski definition) is 3. The third-order valence-electron chi connectivity index (χ3n) is 4.27. The van der Waals surface area contributed by atoms with Crippen molar-refractivity contribution in [2.45, 2.75) is 80.2 Å². The lowest BCUT2D eigenvalue weighted by Gasteiger charge is -2.31. The van der Waals surface area contributed by atoms with Crippen LogP contribution in [-0.4, -0.2) is 37.1 Å². The maximum atomic E-state index is 12.5. The average molecular weight is 369 g/mol. The molecule has 0 fully saturated rings. The van der Waals surface area contributed by atoms with Crippen LogP contribution in [0.15, 0.2) is 12.2 Å². The first-order valence-electron chi connectivity index (χ1n) is 9.52. The van der Waals surface area contributed by atoms with Crippen molar-refractivity contribution in [3.05, 3.63) is 12.2 Å². The minimum Gasteiger partial charge on any atom is -0.378 e. The fourth-order valence-electron chi connectivity index (χ4n) is 2.33. The highest BCUT2D eigenvalue weighted by Crippen LogP contribution is 2.25. The van der Waals surface area contributed by atoms with E-state index in [1.807, 2.05) is 41.5 Å². The molecule has 0 heterocycles. The lowest BCUT2D eigenvalue weighted by molar-refractivity contribution is -0.130. The molecule has 0 bridgehead atoms. The van der Waals surface area contributed by atoms with Gasteiger partial charge >= 0.3 is 0 Å². The van der Waals surface area contributed by atoms with Crippen LogP contribution in [0.3, 0.4) is 0 Å². The number of allylic oxidation sites excluding steroid dienone is 1. The van der Waals surface area contributed by atoms with Gasteiger partial charge in [-0.1, -0.05) is 40.2 Å². The van der Waals surface area contributed by atoms with E-state index in [2.05, 4.69) is 31.1 Å². The molecule has 2 N–H and O–H groups in total. The number of ether oxygens (including phenoxy) is 1. The molecule has 5 nitrogen and oxygen atoms in total. The Morgan fingerprint density at radius 2 is 1.62 bits per heavy atom. The molecule has 0 radical (unpaired) electrons. The van der Waals surface area contributed by atoms with Crippen LogP contribution in [0.1, 0.15) is 74.7 Å². The Labute approximate surface area is 160 Å². The van der Waals surface area contributed by atoms with Gasteiger partial charge in [-0.2, -0.15) is 0 Å². The number of carbonyl (C=O) groups excluding carboxylic acids is 2. The summed E-state index contributed by atoms with van der Waals surface area (Å²) in [5, 5.41) is 6.00. The maximum Gasteiger partial charge on any atom is 0.225 e. The van der Waals surface area contributed by atoms with Gasteiger partial charge in [0.15, 0.2) is 0 Å². The zero-order chi connectivity index (χ0) is 20.6. The van der Waals surface area contributed by atoms with E-state index >= 15 is 0 Å². The van der Waals surface area contributed by atoms with E-state index in [4.69, 9.17) is 4.74 Å². The van der Waals surface area contributed by atoms with Gasteiger partial charge in [0.05, 0.1) is 18.8 Å². The quantitative estimate of drug-likeness (QED) is 0.514. The Kier molecular flexibility index (Phi) is 9.57. The number of hydrogen-bond donors (Lipinski definition) is 2. The number of nitrogens with one attached hydrogen (secondary N) is 2. The van der Waals surface area contributed by atoms with E-state index in [9.17, 15) is 9.59 Å². The maximum absolute atomic E-state index is 12.5. The smallest absolute Gasteiger partial charge is 0.225 e. The van der Waals surface area contributed by atoms with Crippen molar-refractivity contribution in [3.8, 4) is 0 Å². The van der Waals surface area contributed by atoms with Gasteiger partial charge in [0.25, 0.3) is 0 Å². The second-order valence-electron chi connectivity index (χ2n) is 9.47. The SMILES string of the molecule is C=C(C)CCC(C)(C)C(=O)NCC(C)(C)COCC(C)(C)NC(=O)CC. The first kappa shape index (κ1) is 24.6. The molecule has 2 amide bonds. The Morgan fingerprint density at radius 3 is 2.12 bits per heavy atom. The van der Waals surface area contributed by atoms with E-state index in [1.165, 1.54) is 0 Å². The van der Waals surface area contributed by atoms with Crippen LogP contribution in [0.4, 0.5) is 0 Å². The van der Waals surface area contributed by atoms with Gasteiger partial charge in [0.1, 0.15) is 0 Å². The largest absolute Gasteiger partial charge is 0.378 e. The first-order chi connectivity index (χ1) is 11.7. The van der Waals surface area contributed by atoms with Gasteiger partial charge in [0.2, 0.25) is 11.8 Å². The standard InChI is InChI=1S/C21H40N2O3/c1-10-17(24)23-21(8,9)15-26-14-19(4,5)13-22-18(25)20(6,7)12-11-16(2)3/h2,10-15H2,1,3-9H3,(H,22,25)(H,23,24). The Morgan fingerprint density at radius 1 is 1.04 bits per heavy atom. The lowest BCUT2D eigenvalue weighted by Crippen LogP contribution is -2.48. The van der Waals surface area contributed by atoms with Crippen molar-refractivity contribution >= 4 is 11.8 Å². The summed E-state index contributed by atoms with van der Waals surface area (Å²) in [5.74, 6) is 0.0736. The van der Waals surface area contributed by atoms with E-state index < -0.39 is 11.0 Å². The van der Waals surface area contributed by atoms with Crippen LogP contribution in [0.25, 0.3) is 0 Å². The molecule has 0 saturated heterocycles. The Bertz CT molecular complexity index is 493. The van der Waals surface area contributed by atoms with Crippen molar-refractivity contribution in [3.63, 3.8) is 0 Å². The predicted molar refractivity (Wildman–Crippen MR) is 108 cm³/mol. The summed E-state index contributed by atoms with van der Waals surface area (Å²) in [6, 6.07) is 0. The second kappa shape index (κ2) is 10.1. The monoisotopic (exact) mass is 368 g/mol. The molecule has 26 heavy (non-hydrogen) atoms. The minimum absolute atomic E-state index is 0.0158. The van der Waals surface area contributed by atoms with Crippen LogP contribution in [0.2, 0.25) is 0 Å². The van der Waals surface area contributed by atoms with E-state index in [1.54, 1.807) is 0 Å². The lowest BCUT2D eigenvalue weighted by atomic mass is 9.85. The molecular formula is C21H40N2O3. The summed E-state index contributed by atoms with van der Waals surface area (Å²) < 4.78 is 5.83. The molecule has 152 valence electrons. The zero-order valence-corrected chi connectivity index (χ0v) is 18.2. The molecule has 0 aliphatic rings. The van der Waals surface area contributed by atoms with E-state index in [-0.39, 0.29) is 17.2 Å². The van der Waals surface area contributed by atoms with Gasteiger partial charge < -0.3 is 15.4 Å². The summed E-state index contributed by atoms with van der Waals surface area (Å²) in [5.41, 5.74) is 0.0851. The molecule has 0 spiro atoms. The van der Waals surface area contributed by atoms with E-state index in [0.717, 1.165) is 18.4 Å². The molecule has 0 aromatic carbocycles. The predicted octanol–water partition coefficient (Wildman–Crippen LogP) is 3.83. The van der Waals surface area contributed by atoms with Crippen LogP contribution in [0, 0.1) is 10.8 Å². The van der Waals surface area contributed by atoms with Crippen molar-refractivity contribution in [1.82, 2.24) is 10.6 Å². The normalized spacial score (nSPS) is 12.6. The third-order valence-corrected chi connectivity index (χ3v) is 4.27. The molecule has 0 aromatic rings. The van der Waals surface area contributed by atoms with Gasteiger partial charge in [-0.05, 0) is 33.6 Å². The van der Waals surface area contributed by atoms with Crippen LogP contribution < -0.4 is 10.6 Å². The van der Waals surface area contributed by atoms with E-state index in [0.29, 0.717) is 26.2 Å². The molecule has 0 atom stereocenters. The Balaban J connectivity index is 4.38. The highest BCUT2D eigenvalue weighted by Gasteiger charge is 2.29. The minimum atomic E-state index is -0.414. The van der Waals surface area contributed by atoms with Gasteiger partial charge in [-0.25, -0.2) is 0 Å². The molecule has 5 heteroatoms. The average Bonchev–Trinajstić information content (AvgIpc) is 2.49. The van der Waals surface area contributed by atoms with Gasteiger partial charge in [-0.3, -0.25) is 9.59 Å². The Hall–Kier alpha value is -1.36. The molecule has 0 saturated carbocycles. The zero-order valence-electron chi connectivity index (χ0n) is 18.2. The number of amides is 2. The van der Waals surface area contributed by atoms with Gasteiger partial charge in [0, 0.05) is 23.8 Å². The second-order valence-corrected chi connectivity index (χ2v) is 9.47. The molecule has 0 rings (SSSR count). The fraction of sp³-hybridized carbons (Fsp3) is 0.810. The molecule has 0 aliphatic carbocycles. The summed E-state index contributed by atoms with van der Waals surface area (Å²) in [6.07, 6.45) is 2.10. The summed E-state index contributed by atoms with van der Waals surface area (Å²) in [6.45, 7) is 21.1. The van der Waals surface area contributed by atoms with Crippen molar-refractivity contribution in [2.75, 3.05) is 19.8 Å². The topological polar surface area (TPSA) is 67.4 Å². The molecule has 0 aromatic heterocycles. The van der Waals surface area contributed by atoms with Crippen molar-refractivity contribution < 1.29 is 14.3 Å². The van der Waals surface area contributed by atoms with Crippen LogP contribution >= 0.6 is 0 Å². The van der Waals surface area contributed by atoms with Crippen molar-refractivity contribution in [2.24, 2.45) is 10.8 Å². The molecule has 0 unspecified atom stereocenters. The van der Waals surface area contributed by atoms with Crippen LogP contribution in [0.5, 0.6) is 0 Å². The third kappa shape index (κ3) is 10.6. The highest BCUT2D eigenvalue weighted by molar-refractivity contribution is 5.81. The van der Waals surface area contributed by atoms with Crippen molar-refractivity contribution in [1.29, 1.82) is 0 Å². The summed E-state index contributed by atoms with van der Waals surface area (Å²) in [7, 11) is 0. The summed E-state index contributed by atoms with van der Waals surface area (Å²) >= 11 is 0. The number of carbonyl (C=O) groups is 2. The number of rotatable bonds is 12. The summed E-state index contributed by atoms with van der Waals surface area (Å²) in [4.78, 5) is 24.0. The molecule has 0 aliphatic heterocycles.